The quantitative estimate of drug-likeness (QED) is 0.492. The summed E-state index contributed by atoms with van der Waals surface area (Å²) >= 11 is 28.1. The molecule has 78 valence electrons. The number of halogens is 5. The van der Waals surface area contributed by atoms with Gasteiger partial charge in [-0.1, -0.05) is 58.0 Å². The fraction of sp³-hybridized carbons (Fsp3) is 0.143. The zero-order chi connectivity index (χ0) is 10.9. The van der Waals surface area contributed by atoms with Crippen molar-refractivity contribution in [2.45, 2.75) is 0 Å². The van der Waals surface area contributed by atoms with Crippen LogP contribution in [0.4, 0.5) is 0 Å². The molecule has 14 heavy (non-hydrogen) atoms. The second-order valence-electron chi connectivity index (χ2n) is 2.19. The average molecular weight is 296 g/mol. The number of hydrogen-bond donors (Lipinski definition) is 1. The molecule has 0 aromatic heterocycles. The maximum Gasteiger partial charge on any atom is 0.184 e. The Morgan fingerprint density at radius 1 is 0.929 bits per heavy atom. The zero-order valence-corrected chi connectivity index (χ0v) is 10.2. The minimum Gasteiger partial charge on any atom is -0.503 e. The van der Waals surface area contributed by atoms with Crippen LogP contribution in [0.25, 0.3) is 0 Å². The summed E-state index contributed by atoms with van der Waals surface area (Å²) in [6, 6.07) is -0.193. The first kappa shape index (κ1) is 12.3. The predicted octanol–water partition coefficient (Wildman–Crippen LogP) is 4.58. The van der Waals surface area contributed by atoms with Gasteiger partial charge in [-0.2, -0.15) is 0 Å². The highest BCUT2D eigenvalue weighted by Crippen LogP contribution is 2.49. The Morgan fingerprint density at radius 3 is 1.93 bits per heavy atom. The summed E-state index contributed by atoms with van der Waals surface area (Å²) < 4.78 is 4.84. The smallest absolute Gasteiger partial charge is 0.184 e. The summed E-state index contributed by atoms with van der Waals surface area (Å²) in [4.78, 5) is 0. The Balaban J connectivity index is 3.43. The first-order valence-electron chi connectivity index (χ1n) is 3.24. The minimum atomic E-state index is -0.383. The molecule has 0 saturated carbocycles. The molecule has 0 aliphatic carbocycles. The van der Waals surface area contributed by atoms with Crippen molar-refractivity contribution in [1.82, 2.24) is 0 Å². The molecular weight excluding hydrogens is 293 g/mol. The van der Waals surface area contributed by atoms with Gasteiger partial charge in [-0.15, -0.1) is 0 Å². The van der Waals surface area contributed by atoms with Crippen molar-refractivity contribution in [3.8, 4) is 11.5 Å². The zero-order valence-electron chi connectivity index (χ0n) is 6.45. The Morgan fingerprint density at radius 2 is 1.43 bits per heavy atom. The van der Waals surface area contributed by atoms with Crippen LogP contribution in [0.3, 0.4) is 0 Å². The van der Waals surface area contributed by atoms with E-state index in [0.29, 0.717) is 0 Å². The average Bonchev–Trinajstić information content (AvgIpc) is 2.19. The molecule has 0 radical (unpaired) electrons. The van der Waals surface area contributed by atoms with Crippen LogP contribution in [-0.4, -0.2) is 11.2 Å². The van der Waals surface area contributed by atoms with Gasteiger partial charge in [-0.25, -0.2) is 0 Å². The Labute approximate surface area is 105 Å². The van der Waals surface area contributed by atoms with Gasteiger partial charge in [-0.05, 0) is 0 Å². The third-order valence-electron chi connectivity index (χ3n) is 1.40. The van der Waals surface area contributed by atoms with Crippen molar-refractivity contribution in [3.63, 3.8) is 0 Å². The van der Waals surface area contributed by atoms with E-state index in [1.54, 1.807) is 0 Å². The highest BCUT2D eigenvalue weighted by atomic mass is 35.5. The number of aromatic hydroxyl groups is 1. The summed E-state index contributed by atoms with van der Waals surface area (Å²) in [6.45, 7) is 0. The lowest BCUT2D eigenvalue weighted by Gasteiger charge is -2.11. The topological polar surface area (TPSA) is 29.5 Å². The van der Waals surface area contributed by atoms with Crippen LogP contribution in [0, 0.1) is 0 Å². The van der Waals surface area contributed by atoms with Crippen LogP contribution in [0.5, 0.6) is 11.5 Å². The second kappa shape index (κ2) is 4.86. The number of rotatable bonds is 2. The van der Waals surface area contributed by atoms with E-state index in [1.807, 2.05) is 0 Å². The van der Waals surface area contributed by atoms with E-state index in [4.69, 9.17) is 62.7 Å². The molecule has 2 nitrogen and oxygen atoms in total. The summed E-state index contributed by atoms with van der Waals surface area (Å²) in [7, 11) is 0. The number of benzene rings is 1. The van der Waals surface area contributed by atoms with Gasteiger partial charge in [0, 0.05) is 0 Å². The van der Waals surface area contributed by atoms with E-state index >= 15 is 0 Å². The summed E-state index contributed by atoms with van der Waals surface area (Å²) in [5, 5.41) is 9.30. The largest absolute Gasteiger partial charge is 0.503 e. The van der Waals surface area contributed by atoms with Gasteiger partial charge in [0.25, 0.3) is 0 Å². The number of phenols is 1. The Bertz CT molecular complexity index is 337. The summed E-state index contributed by atoms with van der Waals surface area (Å²) in [5.41, 5.74) is 0. The van der Waals surface area contributed by atoms with Gasteiger partial charge in [0.1, 0.15) is 10.0 Å². The van der Waals surface area contributed by atoms with Crippen molar-refractivity contribution in [1.29, 1.82) is 0 Å². The van der Waals surface area contributed by atoms with Crippen molar-refractivity contribution in [2.75, 3.05) is 6.07 Å². The highest BCUT2D eigenvalue weighted by molar-refractivity contribution is 6.53. The van der Waals surface area contributed by atoms with Crippen LogP contribution in [-0.2, 0) is 0 Å². The van der Waals surface area contributed by atoms with E-state index < -0.39 is 0 Å². The third kappa shape index (κ3) is 2.10. The van der Waals surface area contributed by atoms with E-state index in [1.165, 1.54) is 0 Å². The molecule has 0 unspecified atom stereocenters. The van der Waals surface area contributed by atoms with Gasteiger partial charge < -0.3 is 9.84 Å². The predicted molar refractivity (Wildman–Crippen MR) is 59.5 cm³/mol. The van der Waals surface area contributed by atoms with E-state index in [2.05, 4.69) is 0 Å². The molecule has 1 aromatic carbocycles. The van der Waals surface area contributed by atoms with Gasteiger partial charge >= 0.3 is 0 Å². The van der Waals surface area contributed by atoms with Crippen molar-refractivity contribution in [2.24, 2.45) is 0 Å². The molecule has 0 fully saturated rings. The van der Waals surface area contributed by atoms with E-state index in [0.717, 1.165) is 0 Å². The number of alkyl halides is 1. The van der Waals surface area contributed by atoms with Crippen LogP contribution < -0.4 is 4.74 Å². The second-order valence-corrected chi connectivity index (χ2v) is 3.92. The fourth-order valence-corrected chi connectivity index (χ4v) is 1.78. The van der Waals surface area contributed by atoms with E-state index in [-0.39, 0.29) is 37.7 Å². The molecule has 0 spiro atoms. The molecule has 0 aliphatic rings. The SMILES string of the molecule is Oc1c(Cl)c(Cl)c(Cl)c(Cl)c1OCCl. The fourth-order valence-electron chi connectivity index (χ4n) is 0.786. The highest BCUT2D eigenvalue weighted by Gasteiger charge is 2.20. The first-order chi connectivity index (χ1) is 6.50. The maximum atomic E-state index is 9.47. The Kier molecular flexibility index (Phi) is 4.29. The molecule has 7 heteroatoms. The molecular formula is C7H3Cl5O2. The molecule has 1 N–H and O–H groups in total. The molecule has 0 aliphatic heterocycles. The number of ether oxygens (including phenoxy) is 1. The van der Waals surface area contributed by atoms with Crippen molar-refractivity contribution >= 4 is 58.0 Å². The van der Waals surface area contributed by atoms with Crippen LogP contribution >= 0.6 is 58.0 Å². The first-order valence-corrected chi connectivity index (χ1v) is 5.29. The monoisotopic (exact) mass is 294 g/mol. The van der Waals surface area contributed by atoms with Gasteiger partial charge in [0.05, 0.1) is 10.0 Å². The Hall–Kier alpha value is 0.270. The molecule has 0 heterocycles. The molecule has 1 aromatic rings. The molecule has 0 saturated heterocycles. The molecule has 0 atom stereocenters. The number of hydrogen-bond acceptors (Lipinski definition) is 2. The van der Waals surface area contributed by atoms with Crippen molar-refractivity contribution < 1.29 is 9.84 Å². The maximum absolute atomic E-state index is 9.47. The minimum absolute atomic E-state index is 0.0104. The number of phenolic OH excluding ortho intramolecular Hbond substituents is 1. The molecule has 0 amide bonds. The van der Waals surface area contributed by atoms with E-state index in [9.17, 15) is 5.11 Å². The van der Waals surface area contributed by atoms with Crippen LogP contribution in [0.15, 0.2) is 0 Å². The van der Waals surface area contributed by atoms with Crippen LogP contribution in [0.2, 0.25) is 20.1 Å². The normalized spacial score (nSPS) is 10.4. The molecule has 1 rings (SSSR count). The molecule has 0 bridgehead atoms. The lowest BCUT2D eigenvalue weighted by molar-refractivity contribution is 0.355. The van der Waals surface area contributed by atoms with Gasteiger partial charge in [0.15, 0.2) is 17.6 Å². The summed E-state index contributed by atoms with van der Waals surface area (Å²) in [6.07, 6.45) is 0. The third-order valence-corrected chi connectivity index (χ3v) is 3.28. The lowest BCUT2D eigenvalue weighted by atomic mass is 10.3. The lowest BCUT2D eigenvalue weighted by Crippen LogP contribution is -1.92. The van der Waals surface area contributed by atoms with Gasteiger partial charge in [0.2, 0.25) is 0 Å². The summed E-state index contributed by atoms with van der Waals surface area (Å²) in [5.74, 6) is -0.465. The van der Waals surface area contributed by atoms with Gasteiger partial charge in [-0.3, -0.25) is 0 Å². The standard InChI is InChI=1S/C7H3Cl5O2/c8-1-14-7-5(12)3(10)2(9)4(11)6(7)13/h13H,1H2. The van der Waals surface area contributed by atoms with Crippen molar-refractivity contribution in [3.05, 3.63) is 20.1 Å². The van der Waals surface area contributed by atoms with Crippen LogP contribution in [0.1, 0.15) is 0 Å².